The van der Waals surface area contributed by atoms with Crippen LogP contribution in [0.25, 0.3) is 0 Å². The Balaban J connectivity index is 3.22. The maximum absolute atomic E-state index is 12.6. The molecule has 0 spiro atoms. The van der Waals surface area contributed by atoms with E-state index in [9.17, 15) is 13.2 Å². The number of rotatable bonds is 2. The molecule has 0 aliphatic carbocycles. The normalized spacial score (nSPS) is 11.9. The number of nitrogens with two attached hydrogens (primary N) is 1. The highest BCUT2D eigenvalue weighted by Crippen LogP contribution is 2.39. The van der Waals surface area contributed by atoms with Crippen LogP contribution in [0.15, 0.2) is 16.6 Å². The zero-order chi connectivity index (χ0) is 12.5. The van der Waals surface area contributed by atoms with Crippen molar-refractivity contribution in [2.24, 2.45) is 0 Å². The van der Waals surface area contributed by atoms with Crippen molar-refractivity contribution in [3.63, 3.8) is 0 Å². The fourth-order valence-electron chi connectivity index (χ4n) is 1.14. The molecule has 90 valence electrons. The number of hydrogen-bond donors (Lipinski definition) is 1. The first-order valence-corrected chi connectivity index (χ1v) is 5.34. The smallest absolute Gasteiger partial charge is 0.417 e. The topological polar surface area (TPSA) is 35.2 Å². The molecule has 0 unspecified atom stereocenters. The molecular weight excluding hydrogens is 287 g/mol. The van der Waals surface area contributed by atoms with Crippen molar-refractivity contribution >= 4 is 21.6 Å². The molecule has 0 bridgehead atoms. The summed E-state index contributed by atoms with van der Waals surface area (Å²) < 4.78 is 42.8. The summed E-state index contributed by atoms with van der Waals surface area (Å²) in [5.41, 5.74) is 4.94. The van der Waals surface area contributed by atoms with E-state index in [1.807, 2.05) is 0 Å². The van der Waals surface area contributed by atoms with E-state index in [1.54, 1.807) is 13.8 Å². The number of halogens is 4. The van der Waals surface area contributed by atoms with E-state index in [2.05, 4.69) is 15.9 Å². The highest BCUT2D eigenvalue weighted by molar-refractivity contribution is 9.10. The van der Waals surface area contributed by atoms with Gasteiger partial charge in [0.1, 0.15) is 5.75 Å². The number of nitrogen functional groups attached to an aromatic ring is 1. The van der Waals surface area contributed by atoms with Crippen LogP contribution in [0.3, 0.4) is 0 Å². The molecule has 0 heterocycles. The first kappa shape index (κ1) is 13.2. The average Bonchev–Trinajstić information content (AvgIpc) is 2.06. The third-order valence-corrected chi connectivity index (χ3v) is 2.42. The third-order valence-electron chi connectivity index (χ3n) is 1.77. The molecule has 0 saturated carbocycles. The summed E-state index contributed by atoms with van der Waals surface area (Å²) >= 11 is 2.83. The summed E-state index contributed by atoms with van der Waals surface area (Å²) in [6, 6.07) is 2.10. The van der Waals surface area contributed by atoms with Gasteiger partial charge < -0.3 is 10.5 Å². The standard InChI is InChI=1S/C10H11BrF3NO/c1-5(2)16-9-3-6(10(12,13)14)7(11)4-8(9)15/h3-5H,15H2,1-2H3. The van der Waals surface area contributed by atoms with Crippen molar-refractivity contribution < 1.29 is 17.9 Å². The molecule has 0 aliphatic heterocycles. The zero-order valence-electron chi connectivity index (χ0n) is 8.73. The van der Waals surface area contributed by atoms with E-state index in [0.717, 1.165) is 6.07 Å². The van der Waals surface area contributed by atoms with Crippen molar-refractivity contribution in [1.29, 1.82) is 0 Å². The number of hydrogen-bond acceptors (Lipinski definition) is 2. The maximum Gasteiger partial charge on any atom is 0.417 e. The van der Waals surface area contributed by atoms with Gasteiger partial charge >= 0.3 is 6.18 Å². The van der Waals surface area contributed by atoms with E-state index < -0.39 is 11.7 Å². The van der Waals surface area contributed by atoms with Crippen LogP contribution in [-0.4, -0.2) is 6.10 Å². The van der Waals surface area contributed by atoms with Crippen LogP contribution in [0.5, 0.6) is 5.75 Å². The lowest BCUT2D eigenvalue weighted by atomic mass is 10.2. The van der Waals surface area contributed by atoms with Gasteiger partial charge in [0, 0.05) is 4.47 Å². The highest BCUT2D eigenvalue weighted by atomic mass is 79.9. The Bertz CT molecular complexity index is 390. The van der Waals surface area contributed by atoms with Crippen LogP contribution in [0.1, 0.15) is 19.4 Å². The minimum Gasteiger partial charge on any atom is -0.489 e. The van der Waals surface area contributed by atoms with Crippen molar-refractivity contribution in [2.75, 3.05) is 5.73 Å². The minimum atomic E-state index is -4.43. The second-order valence-corrected chi connectivity index (χ2v) is 4.39. The number of ether oxygens (including phenoxy) is 1. The van der Waals surface area contributed by atoms with Gasteiger partial charge in [-0.25, -0.2) is 0 Å². The molecule has 6 heteroatoms. The predicted molar refractivity (Wildman–Crippen MR) is 59.3 cm³/mol. The lowest BCUT2D eigenvalue weighted by Gasteiger charge is -2.16. The van der Waals surface area contributed by atoms with Crippen LogP contribution < -0.4 is 10.5 Å². The van der Waals surface area contributed by atoms with Gasteiger partial charge in [-0.1, -0.05) is 15.9 Å². The van der Waals surface area contributed by atoms with Gasteiger partial charge in [-0.05, 0) is 26.0 Å². The van der Waals surface area contributed by atoms with Crippen LogP contribution >= 0.6 is 15.9 Å². The summed E-state index contributed by atoms with van der Waals surface area (Å²) in [7, 11) is 0. The van der Waals surface area contributed by atoms with Crippen molar-refractivity contribution in [1.82, 2.24) is 0 Å². The van der Waals surface area contributed by atoms with Crippen LogP contribution in [0, 0.1) is 0 Å². The first-order chi connectivity index (χ1) is 7.21. The van der Waals surface area contributed by atoms with Crippen molar-refractivity contribution in [3.8, 4) is 5.75 Å². The summed E-state index contributed by atoms with van der Waals surface area (Å²) in [5.74, 6) is 0.0468. The van der Waals surface area contributed by atoms with Gasteiger partial charge in [-0.2, -0.15) is 13.2 Å². The lowest BCUT2D eigenvalue weighted by molar-refractivity contribution is -0.138. The Morgan fingerprint density at radius 3 is 2.31 bits per heavy atom. The molecule has 0 aromatic heterocycles. The third kappa shape index (κ3) is 3.04. The SMILES string of the molecule is CC(C)Oc1cc(C(F)(F)F)c(Br)cc1N. The Hall–Kier alpha value is -0.910. The molecule has 2 nitrogen and oxygen atoms in total. The molecule has 0 radical (unpaired) electrons. The average molecular weight is 298 g/mol. The quantitative estimate of drug-likeness (QED) is 0.842. The number of benzene rings is 1. The van der Waals surface area contributed by atoms with E-state index in [4.69, 9.17) is 10.5 Å². The Kier molecular flexibility index (Phi) is 3.72. The summed E-state index contributed by atoms with van der Waals surface area (Å²) in [4.78, 5) is 0. The fourth-order valence-corrected chi connectivity index (χ4v) is 1.73. The predicted octanol–water partition coefficient (Wildman–Crippen LogP) is 3.84. The monoisotopic (exact) mass is 297 g/mol. The van der Waals surface area contributed by atoms with Crippen LogP contribution in [0.2, 0.25) is 0 Å². The highest BCUT2D eigenvalue weighted by Gasteiger charge is 2.34. The molecular formula is C10H11BrF3NO. The maximum atomic E-state index is 12.6. The lowest BCUT2D eigenvalue weighted by Crippen LogP contribution is -2.11. The summed E-state index contributed by atoms with van der Waals surface area (Å²) in [6.07, 6.45) is -4.66. The Morgan fingerprint density at radius 2 is 1.88 bits per heavy atom. The zero-order valence-corrected chi connectivity index (χ0v) is 10.3. The van der Waals surface area contributed by atoms with Crippen molar-refractivity contribution in [3.05, 3.63) is 22.2 Å². The first-order valence-electron chi connectivity index (χ1n) is 4.54. The van der Waals surface area contributed by atoms with Crippen LogP contribution in [-0.2, 0) is 6.18 Å². The van der Waals surface area contributed by atoms with Gasteiger partial charge in [0.25, 0.3) is 0 Å². The molecule has 0 saturated heterocycles. The van der Waals surface area contributed by atoms with E-state index in [-0.39, 0.29) is 22.0 Å². The second kappa shape index (κ2) is 4.53. The van der Waals surface area contributed by atoms with Gasteiger partial charge in [0.05, 0.1) is 17.4 Å². The fraction of sp³-hybridized carbons (Fsp3) is 0.400. The summed E-state index contributed by atoms with van der Waals surface area (Å²) in [6.45, 7) is 3.43. The summed E-state index contributed by atoms with van der Waals surface area (Å²) in [5, 5.41) is 0. The number of alkyl halides is 3. The molecule has 16 heavy (non-hydrogen) atoms. The van der Waals surface area contributed by atoms with E-state index in [0.29, 0.717) is 0 Å². The van der Waals surface area contributed by atoms with Crippen molar-refractivity contribution in [2.45, 2.75) is 26.1 Å². The molecule has 0 amide bonds. The second-order valence-electron chi connectivity index (χ2n) is 3.53. The molecule has 2 N–H and O–H groups in total. The van der Waals surface area contributed by atoms with Gasteiger partial charge in [0.2, 0.25) is 0 Å². The molecule has 1 rings (SSSR count). The van der Waals surface area contributed by atoms with Gasteiger partial charge in [-0.3, -0.25) is 0 Å². The molecule has 1 aromatic rings. The van der Waals surface area contributed by atoms with E-state index >= 15 is 0 Å². The molecule has 0 fully saturated rings. The molecule has 0 aliphatic rings. The van der Waals surface area contributed by atoms with Crippen LogP contribution in [0.4, 0.5) is 18.9 Å². The molecule has 0 atom stereocenters. The number of anilines is 1. The Morgan fingerprint density at radius 1 is 1.31 bits per heavy atom. The van der Waals surface area contributed by atoms with Gasteiger partial charge in [0.15, 0.2) is 0 Å². The van der Waals surface area contributed by atoms with E-state index in [1.165, 1.54) is 6.07 Å². The largest absolute Gasteiger partial charge is 0.489 e. The Labute approximate surface area is 99.7 Å². The molecule has 1 aromatic carbocycles. The minimum absolute atomic E-state index is 0.0468. The van der Waals surface area contributed by atoms with Gasteiger partial charge in [-0.15, -0.1) is 0 Å².